The van der Waals surface area contributed by atoms with E-state index in [-0.39, 0.29) is 23.7 Å². The molecule has 1 N–H and O–H groups in total. The van der Waals surface area contributed by atoms with Gasteiger partial charge in [-0.2, -0.15) is 0 Å². The van der Waals surface area contributed by atoms with Gasteiger partial charge in [-0.15, -0.1) is 0 Å². The fourth-order valence-corrected chi connectivity index (χ4v) is 3.58. The van der Waals surface area contributed by atoms with Gasteiger partial charge in [0, 0.05) is 23.3 Å². The third kappa shape index (κ3) is 3.69. The number of nitrogens with one attached hydrogen (secondary N) is 1. The summed E-state index contributed by atoms with van der Waals surface area (Å²) >= 11 is 5.84. The van der Waals surface area contributed by atoms with Crippen molar-refractivity contribution in [1.29, 1.82) is 0 Å². The first-order chi connectivity index (χ1) is 11.1. The monoisotopic (exact) mass is 334 g/mol. The Kier molecular flexibility index (Phi) is 4.90. The summed E-state index contributed by atoms with van der Waals surface area (Å²) in [5.41, 5.74) is 0.724. The molecule has 23 heavy (non-hydrogen) atoms. The topological polar surface area (TPSA) is 49.4 Å². The maximum absolute atomic E-state index is 12.7. The Morgan fingerprint density at radius 2 is 1.96 bits per heavy atom. The zero-order valence-corrected chi connectivity index (χ0v) is 14.2. The van der Waals surface area contributed by atoms with Crippen LogP contribution in [0.4, 0.5) is 5.69 Å². The molecular weight excluding hydrogens is 312 g/mol. The Balaban J connectivity index is 1.56. The van der Waals surface area contributed by atoms with Crippen LogP contribution in [0, 0.1) is 11.8 Å². The Morgan fingerprint density at radius 3 is 2.65 bits per heavy atom. The van der Waals surface area contributed by atoms with Gasteiger partial charge in [0.25, 0.3) is 0 Å². The van der Waals surface area contributed by atoms with Crippen molar-refractivity contribution in [2.24, 2.45) is 11.8 Å². The number of rotatable bonds is 4. The van der Waals surface area contributed by atoms with Crippen LogP contribution >= 0.6 is 11.6 Å². The van der Waals surface area contributed by atoms with Crippen LogP contribution in [0.5, 0.6) is 0 Å². The molecule has 0 radical (unpaired) electrons. The number of hydrogen-bond donors (Lipinski definition) is 1. The lowest BCUT2D eigenvalue weighted by Gasteiger charge is -2.35. The molecule has 3 rings (SSSR count). The first-order valence-electron chi connectivity index (χ1n) is 8.47. The molecule has 2 fully saturated rings. The molecule has 1 aliphatic carbocycles. The van der Waals surface area contributed by atoms with Gasteiger partial charge >= 0.3 is 0 Å². The average Bonchev–Trinajstić information content (AvgIpc) is 3.37. The molecule has 4 nitrogen and oxygen atoms in total. The highest BCUT2D eigenvalue weighted by atomic mass is 35.5. The molecule has 0 aromatic heterocycles. The lowest BCUT2D eigenvalue weighted by molar-refractivity contribution is -0.137. The van der Waals surface area contributed by atoms with Crippen LogP contribution in [0.1, 0.15) is 39.0 Å². The molecule has 0 bridgehead atoms. The van der Waals surface area contributed by atoms with Gasteiger partial charge in [-0.25, -0.2) is 0 Å². The summed E-state index contributed by atoms with van der Waals surface area (Å²) in [6.45, 7) is 2.98. The summed E-state index contributed by atoms with van der Waals surface area (Å²) in [5.74, 6) is -0.199. The van der Waals surface area contributed by atoms with Crippen LogP contribution in [-0.2, 0) is 9.59 Å². The maximum Gasteiger partial charge on any atom is 0.228 e. The molecule has 3 atom stereocenters. The number of likely N-dealkylation sites (tertiary alicyclic amines) is 1. The van der Waals surface area contributed by atoms with E-state index in [1.807, 2.05) is 4.90 Å². The molecule has 5 heteroatoms. The molecule has 3 unspecified atom stereocenters. The summed E-state index contributed by atoms with van der Waals surface area (Å²) in [6, 6.07) is 7.39. The van der Waals surface area contributed by atoms with Crippen molar-refractivity contribution in [3.63, 3.8) is 0 Å². The zero-order chi connectivity index (χ0) is 16.4. The second-order valence-corrected chi connectivity index (χ2v) is 6.97. The minimum absolute atomic E-state index is 0.0595. The largest absolute Gasteiger partial charge is 0.339 e. The van der Waals surface area contributed by atoms with Gasteiger partial charge in [-0.05, 0) is 56.4 Å². The van der Waals surface area contributed by atoms with Crippen molar-refractivity contribution in [1.82, 2.24) is 4.90 Å². The third-order valence-corrected chi connectivity index (χ3v) is 5.19. The molecule has 1 saturated carbocycles. The van der Waals surface area contributed by atoms with Crippen LogP contribution < -0.4 is 5.32 Å². The molecule has 1 aliphatic heterocycles. The van der Waals surface area contributed by atoms with Gasteiger partial charge in [0.2, 0.25) is 11.8 Å². The van der Waals surface area contributed by atoms with E-state index in [2.05, 4.69) is 12.2 Å². The van der Waals surface area contributed by atoms with E-state index < -0.39 is 0 Å². The minimum atomic E-state index is -0.183. The normalized spacial score (nSPS) is 26.7. The van der Waals surface area contributed by atoms with E-state index >= 15 is 0 Å². The van der Waals surface area contributed by atoms with Crippen molar-refractivity contribution in [3.8, 4) is 0 Å². The van der Waals surface area contributed by atoms with Crippen molar-refractivity contribution < 1.29 is 9.59 Å². The highest BCUT2D eigenvalue weighted by Gasteiger charge is 2.50. The van der Waals surface area contributed by atoms with Crippen molar-refractivity contribution in [2.45, 2.75) is 45.1 Å². The highest BCUT2D eigenvalue weighted by Crippen LogP contribution is 2.42. The standard InChI is InChI=1S/C18H23ClN2O2/c1-2-14-5-3-4-10-21(14)18(23)16-11-15(16)17(22)20-13-8-6-12(19)7-9-13/h6-9,14-16H,2-5,10-11H2,1H3,(H,20,22). The van der Waals surface area contributed by atoms with Gasteiger partial charge in [0.15, 0.2) is 0 Å². The van der Waals surface area contributed by atoms with Crippen molar-refractivity contribution >= 4 is 29.1 Å². The number of carbonyl (C=O) groups is 2. The number of nitrogens with zero attached hydrogens (tertiary/aromatic N) is 1. The number of anilines is 1. The Morgan fingerprint density at radius 1 is 1.22 bits per heavy atom. The number of carbonyl (C=O) groups excluding carboxylic acids is 2. The van der Waals surface area contributed by atoms with Crippen LogP contribution in [0.25, 0.3) is 0 Å². The summed E-state index contributed by atoms with van der Waals surface area (Å²) in [7, 11) is 0. The summed E-state index contributed by atoms with van der Waals surface area (Å²) in [6.07, 6.45) is 5.05. The third-order valence-electron chi connectivity index (χ3n) is 4.94. The molecule has 1 heterocycles. The van der Waals surface area contributed by atoms with Crippen molar-refractivity contribution in [3.05, 3.63) is 29.3 Å². The van der Waals surface area contributed by atoms with Gasteiger partial charge in [0.05, 0.1) is 11.8 Å². The Hall–Kier alpha value is -1.55. The second kappa shape index (κ2) is 6.91. The quantitative estimate of drug-likeness (QED) is 0.912. The molecule has 124 valence electrons. The minimum Gasteiger partial charge on any atom is -0.339 e. The second-order valence-electron chi connectivity index (χ2n) is 6.53. The highest BCUT2D eigenvalue weighted by molar-refractivity contribution is 6.30. The first-order valence-corrected chi connectivity index (χ1v) is 8.85. The lowest BCUT2D eigenvalue weighted by Crippen LogP contribution is -2.44. The molecule has 1 aromatic carbocycles. The fourth-order valence-electron chi connectivity index (χ4n) is 3.45. The van der Waals surface area contributed by atoms with E-state index in [0.29, 0.717) is 17.5 Å². The van der Waals surface area contributed by atoms with Crippen LogP contribution in [0.2, 0.25) is 5.02 Å². The molecule has 2 amide bonds. The van der Waals surface area contributed by atoms with E-state index in [4.69, 9.17) is 11.6 Å². The van der Waals surface area contributed by atoms with E-state index in [1.165, 1.54) is 6.42 Å². The van der Waals surface area contributed by atoms with Crippen molar-refractivity contribution in [2.75, 3.05) is 11.9 Å². The number of piperidine rings is 1. The molecule has 1 saturated heterocycles. The fraction of sp³-hybridized carbons (Fsp3) is 0.556. The summed E-state index contributed by atoms with van der Waals surface area (Å²) in [4.78, 5) is 27.0. The maximum atomic E-state index is 12.7. The SMILES string of the molecule is CCC1CCCCN1C(=O)C1CC1C(=O)Nc1ccc(Cl)cc1. The average molecular weight is 335 g/mol. The number of hydrogen-bond acceptors (Lipinski definition) is 2. The Labute approximate surface area is 142 Å². The zero-order valence-electron chi connectivity index (χ0n) is 13.4. The molecular formula is C18H23ClN2O2. The van der Waals surface area contributed by atoms with Gasteiger partial charge in [-0.1, -0.05) is 18.5 Å². The van der Waals surface area contributed by atoms with E-state index in [1.54, 1.807) is 24.3 Å². The number of amides is 2. The molecule has 1 aromatic rings. The number of halogens is 1. The lowest BCUT2D eigenvalue weighted by atomic mass is 9.99. The predicted molar refractivity (Wildman–Crippen MR) is 91.3 cm³/mol. The van der Waals surface area contributed by atoms with Gasteiger partial charge in [0.1, 0.15) is 0 Å². The summed E-state index contributed by atoms with van der Waals surface area (Å²) < 4.78 is 0. The van der Waals surface area contributed by atoms with E-state index in [0.717, 1.165) is 31.5 Å². The van der Waals surface area contributed by atoms with Crippen LogP contribution in [0.3, 0.4) is 0 Å². The van der Waals surface area contributed by atoms with Crippen LogP contribution in [0.15, 0.2) is 24.3 Å². The summed E-state index contributed by atoms with van der Waals surface area (Å²) in [5, 5.41) is 3.51. The van der Waals surface area contributed by atoms with Gasteiger partial charge < -0.3 is 10.2 Å². The first kappa shape index (κ1) is 16.3. The molecule has 2 aliphatic rings. The smallest absolute Gasteiger partial charge is 0.228 e. The van der Waals surface area contributed by atoms with Crippen LogP contribution in [-0.4, -0.2) is 29.3 Å². The number of benzene rings is 1. The Bertz CT molecular complexity index is 587. The predicted octanol–water partition coefficient (Wildman–Crippen LogP) is 3.71. The van der Waals surface area contributed by atoms with E-state index in [9.17, 15) is 9.59 Å². The van der Waals surface area contributed by atoms with Gasteiger partial charge in [-0.3, -0.25) is 9.59 Å². The molecule has 0 spiro atoms.